The Kier molecular flexibility index (Phi) is 10.2. The second-order valence-corrected chi connectivity index (χ2v) is 7.81. The number of hydrogen-bond donors (Lipinski definition) is 3. The summed E-state index contributed by atoms with van der Waals surface area (Å²) in [7, 11) is 3.08. The minimum absolute atomic E-state index is 0.0426. The third-order valence-corrected chi connectivity index (χ3v) is 4.65. The average molecular weight is 472 g/mol. The molecule has 2 aromatic rings. The number of rotatable bonds is 9. The van der Waals surface area contributed by atoms with Crippen molar-refractivity contribution in [3.8, 4) is 17.2 Å². The van der Waals surface area contributed by atoms with Gasteiger partial charge in [0.25, 0.3) is 5.91 Å². The monoisotopic (exact) mass is 471 g/mol. The zero-order valence-corrected chi connectivity index (χ0v) is 20.0. The van der Waals surface area contributed by atoms with Crippen LogP contribution in [0.25, 0.3) is 6.08 Å². The van der Waals surface area contributed by atoms with Crippen LogP contribution in [-0.4, -0.2) is 37.8 Å². The second kappa shape index (κ2) is 13.1. The second-order valence-electron chi connectivity index (χ2n) is 7.40. The van der Waals surface area contributed by atoms with E-state index in [0.717, 1.165) is 12.0 Å². The number of carbonyl (C=O) groups is 2. The predicted molar refractivity (Wildman–Crippen MR) is 131 cm³/mol. The van der Waals surface area contributed by atoms with Crippen molar-refractivity contribution in [1.29, 1.82) is 0 Å². The summed E-state index contributed by atoms with van der Waals surface area (Å²) in [6.07, 6.45) is 3.87. The van der Waals surface area contributed by atoms with E-state index in [1.54, 1.807) is 55.7 Å². The molecule has 0 saturated carbocycles. The van der Waals surface area contributed by atoms with Gasteiger partial charge in [-0.3, -0.25) is 25.8 Å². The molecule has 33 heavy (non-hydrogen) atoms. The van der Waals surface area contributed by atoms with Gasteiger partial charge in [-0.05, 0) is 72.6 Å². The summed E-state index contributed by atoms with van der Waals surface area (Å²) in [5.74, 6) is 1.54. The number of amides is 2. The molecule has 0 aliphatic rings. The Hall–Kier alpha value is -3.59. The maximum Gasteiger partial charge on any atom is 0.269 e. The first-order valence-electron chi connectivity index (χ1n) is 10.4. The molecule has 0 fully saturated rings. The summed E-state index contributed by atoms with van der Waals surface area (Å²) >= 11 is 5.04. The van der Waals surface area contributed by atoms with Crippen LogP contribution in [0.4, 0.5) is 0 Å². The van der Waals surface area contributed by atoms with Crippen LogP contribution in [0.15, 0.2) is 48.5 Å². The molecule has 2 aromatic carbocycles. The van der Waals surface area contributed by atoms with Gasteiger partial charge in [0.15, 0.2) is 16.6 Å². The normalized spacial score (nSPS) is 10.6. The fourth-order valence-electron chi connectivity index (χ4n) is 2.61. The van der Waals surface area contributed by atoms with Crippen LogP contribution in [0, 0.1) is 5.92 Å². The number of thiocarbonyl (C=S) groups is 1. The Bertz CT molecular complexity index is 990. The lowest BCUT2D eigenvalue weighted by Crippen LogP contribution is -2.48. The molecular weight excluding hydrogens is 442 g/mol. The largest absolute Gasteiger partial charge is 0.494 e. The van der Waals surface area contributed by atoms with Gasteiger partial charge in [0.2, 0.25) is 5.91 Å². The SMILES string of the molecule is COc1ccc(/C=C/C(=O)NC(=S)NNC(=O)c2ccc(OCCC(C)C)cc2)cc1OC. The summed E-state index contributed by atoms with van der Waals surface area (Å²) < 4.78 is 16.1. The highest BCUT2D eigenvalue weighted by atomic mass is 32.1. The Balaban J connectivity index is 1.79. The highest BCUT2D eigenvalue weighted by Gasteiger charge is 2.08. The minimum Gasteiger partial charge on any atom is -0.494 e. The molecule has 0 spiro atoms. The molecule has 0 unspecified atom stereocenters. The molecule has 0 bridgehead atoms. The van der Waals surface area contributed by atoms with Crippen LogP contribution in [0.1, 0.15) is 36.2 Å². The Morgan fingerprint density at radius 2 is 1.70 bits per heavy atom. The number of ether oxygens (including phenoxy) is 3. The predicted octanol–water partition coefficient (Wildman–Crippen LogP) is 3.48. The van der Waals surface area contributed by atoms with Crippen molar-refractivity contribution < 1.29 is 23.8 Å². The van der Waals surface area contributed by atoms with Crippen molar-refractivity contribution in [3.05, 3.63) is 59.7 Å². The van der Waals surface area contributed by atoms with Crippen LogP contribution in [0.2, 0.25) is 0 Å². The highest BCUT2D eigenvalue weighted by Crippen LogP contribution is 2.27. The molecule has 0 aliphatic heterocycles. The van der Waals surface area contributed by atoms with Gasteiger partial charge in [-0.1, -0.05) is 19.9 Å². The van der Waals surface area contributed by atoms with Crippen LogP contribution in [0.3, 0.4) is 0 Å². The number of carbonyl (C=O) groups excluding carboxylic acids is 2. The van der Waals surface area contributed by atoms with E-state index >= 15 is 0 Å². The summed E-state index contributed by atoms with van der Waals surface area (Å²) in [6.45, 7) is 4.88. The van der Waals surface area contributed by atoms with Crippen molar-refractivity contribution in [3.63, 3.8) is 0 Å². The molecule has 2 amide bonds. The lowest BCUT2D eigenvalue weighted by molar-refractivity contribution is -0.115. The molecule has 3 N–H and O–H groups in total. The van der Waals surface area contributed by atoms with Gasteiger partial charge in [0.05, 0.1) is 20.8 Å². The highest BCUT2D eigenvalue weighted by molar-refractivity contribution is 7.80. The lowest BCUT2D eigenvalue weighted by atomic mass is 10.1. The summed E-state index contributed by atoms with van der Waals surface area (Å²) in [4.78, 5) is 24.3. The fraction of sp³-hybridized carbons (Fsp3) is 0.292. The molecule has 0 aromatic heterocycles. The minimum atomic E-state index is -0.459. The first-order valence-corrected chi connectivity index (χ1v) is 10.8. The quantitative estimate of drug-likeness (QED) is 0.293. The molecule has 0 heterocycles. The van der Waals surface area contributed by atoms with E-state index in [4.69, 9.17) is 26.4 Å². The van der Waals surface area contributed by atoms with Gasteiger partial charge in [0.1, 0.15) is 5.75 Å². The van der Waals surface area contributed by atoms with E-state index in [2.05, 4.69) is 30.0 Å². The maximum absolute atomic E-state index is 12.3. The van der Waals surface area contributed by atoms with Gasteiger partial charge in [0, 0.05) is 11.6 Å². The topological polar surface area (TPSA) is 97.9 Å². The number of methoxy groups -OCH3 is 2. The standard InChI is InChI=1S/C24H29N3O5S/c1-16(2)13-14-32-19-9-7-18(8-10-19)23(29)26-27-24(33)25-22(28)12-6-17-5-11-20(30-3)21(15-17)31-4/h5-12,15-16H,13-14H2,1-4H3,(H,26,29)(H2,25,27,28,33)/b12-6+. The molecule has 0 radical (unpaired) electrons. The number of hydrogen-bond acceptors (Lipinski definition) is 6. The van der Waals surface area contributed by atoms with Gasteiger partial charge < -0.3 is 14.2 Å². The maximum atomic E-state index is 12.3. The average Bonchev–Trinajstić information content (AvgIpc) is 2.81. The van der Waals surface area contributed by atoms with Crippen molar-refractivity contribution in [1.82, 2.24) is 16.2 Å². The van der Waals surface area contributed by atoms with Crippen LogP contribution in [0.5, 0.6) is 17.2 Å². The van der Waals surface area contributed by atoms with Crippen molar-refractivity contribution in [2.24, 2.45) is 5.92 Å². The van der Waals surface area contributed by atoms with E-state index in [-0.39, 0.29) is 5.11 Å². The molecule has 9 heteroatoms. The molecule has 8 nitrogen and oxygen atoms in total. The lowest BCUT2D eigenvalue weighted by Gasteiger charge is -2.11. The molecule has 2 rings (SSSR count). The Morgan fingerprint density at radius 3 is 2.33 bits per heavy atom. The number of hydrazine groups is 1. The zero-order chi connectivity index (χ0) is 24.2. The third-order valence-electron chi connectivity index (χ3n) is 4.44. The first-order chi connectivity index (χ1) is 15.8. The first kappa shape index (κ1) is 25.7. The third kappa shape index (κ3) is 8.82. The van der Waals surface area contributed by atoms with Gasteiger partial charge in [-0.25, -0.2) is 0 Å². The van der Waals surface area contributed by atoms with Gasteiger partial charge >= 0.3 is 0 Å². The van der Waals surface area contributed by atoms with Crippen LogP contribution >= 0.6 is 12.2 Å². The van der Waals surface area contributed by atoms with E-state index in [9.17, 15) is 9.59 Å². The number of nitrogens with one attached hydrogen (secondary N) is 3. The Morgan fingerprint density at radius 1 is 1.00 bits per heavy atom. The molecule has 0 aliphatic carbocycles. The van der Waals surface area contributed by atoms with Gasteiger partial charge in [-0.15, -0.1) is 0 Å². The van der Waals surface area contributed by atoms with Crippen molar-refractivity contribution in [2.75, 3.05) is 20.8 Å². The molecule has 176 valence electrons. The summed E-state index contributed by atoms with van der Waals surface area (Å²) in [5.41, 5.74) is 6.11. The van der Waals surface area contributed by atoms with E-state index in [0.29, 0.717) is 35.3 Å². The molecule has 0 atom stereocenters. The fourth-order valence-corrected chi connectivity index (χ4v) is 2.77. The van der Waals surface area contributed by atoms with E-state index < -0.39 is 11.8 Å². The smallest absolute Gasteiger partial charge is 0.269 e. The van der Waals surface area contributed by atoms with Gasteiger partial charge in [-0.2, -0.15) is 0 Å². The zero-order valence-electron chi connectivity index (χ0n) is 19.1. The van der Waals surface area contributed by atoms with Crippen molar-refractivity contribution in [2.45, 2.75) is 20.3 Å². The van der Waals surface area contributed by atoms with Crippen LogP contribution < -0.4 is 30.4 Å². The van der Waals surface area contributed by atoms with Crippen LogP contribution in [-0.2, 0) is 4.79 Å². The van der Waals surface area contributed by atoms with Crippen molar-refractivity contribution >= 4 is 35.2 Å². The Labute approximate surface area is 199 Å². The van der Waals surface area contributed by atoms with E-state index in [1.165, 1.54) is 13.2 Å². The number of benzene rings is 2. The summed E-state index contributed by atoms with van der Waals surface area (Å²) in [5, 5.41) is 2.41. The summed E-state index contributed by atoms with van der Waals surface area (Å²) in [6, 6.07) is 12.0. The van der Waals surface area contributed by atoms with E-state index in [1.807, 2.05) is 0 Å². The molecule has 0 saturated heterocycles. The molecular formula is C24H29N3O5S.